The minimum Gasteiger partial charge on any atom is -0.368 e. The van der Waals surface area contributed by atoms with Crippen LogP contribution in [0.1, 0.15) is 16.1 Å². The fourth-order valence-electron chi connectivity index (χ4n) is 2.28. The molecular weight excluding hydrogens is 336 g/mol. The second-order valence-electron chi connectivity index (χ2n) is 5.40. The number of para-hydroxylation sites is 1. The molecule has 1 amide bonds. The Morgan fingerprint density at radius 3 is 2.40 bits per heavy atom. The van der Waals surface area contributed by atoms with Gasteiger partial charge in [0, 0.05) is 6.54 Å². The van der Waals surface area contributed by atoms with E-state index in [0.29, 0.717) is 16.5 Å². The number of carbonyl (C=O) groups excluding carboxylic acids is 1. The number of nitrogens with one attached hydrogen (secondary N) is 2. The van der Waals surface area contributed by atoms with Crippen molar-refractivity contribution in [1.82, 2.24) is 10.2 Å². The molecule has 6 heteroatoms. The van der Waals surface area contributed by atoms with Crippen molar-refractivity contribution in [3.63, 3.8) is 0 Å². The highest BCUT2D eigenvalue weighted by Crippen LogP contribution is 2.20. The lowest BCUT2D eigenvalue weighted by Gasteiger charge is -2.07. The normalized spacial score (nSPS) is 10.3. The number of hydrogen-bond acceptors (Lipinski definition) is 4. The van der Waals surface area contributed by atoms with Crippen molar-refractivity contribution in [2.45, 2.75) is 6.42 Å². The summed E-state index contributed by atoms with van der Waals surface area (Å²) in [5.74, 6) is 0.279. The van der Waals surface area contributed by atoms with Crippen LogP contribution < -0.4 is 10.6 Å². The second-order valence-corrected chi connectivity index (χ2v) is 5.81. The Morgan fingerprint density at radius 1 is 0.920 bits per heavy atom. The highest BCUT2D eigenvalue weighted by Gasteiger charge is 2.10. The average Bonchev–Trinajstić information content (AvgIpc) is 2.65. The van der Waals surface area contributed by atoms with Crippen LogP contribution in [0.4, 0.5) is 11.5 Å². The molecule has 3 rings (SSSR count). The van der Waals surface area contributed by atoms with Crippen molar-refractivity contribution >= 4 is 29.0 Å². The number of amides is 1. The zero-order valence-corrected chi connectivity index (χ0v) is 14.2. The molecule has 0 aliphatic carbocycles. The highest BCUT2D eigenvalue weighted by molar-refractivity contribution is 6.33. The standard InChI is InChI=1S/C19H17ClN4O/c20-15-8-4-5-9-16(15)22-19(25)17-10-11-18(24-23-17)21-13-12-14-6-2-1-3-7-14/h1-11H,12-13H2,(H,21,24)(H,22,25). The number of hydrogen-bond donors (Lipinski definition) is 2. The molecule has 0 saturated carbocycles. The maximum atomic E-state index is 12.2. The lowest BCUT2D eigenvalue weighted by Crippen LogP contribution is -2.15. The predicted molar refractivity (Wildman–Crippen MR) is 100 cm³/mol. The number of rotatable bonds is 6. The Bertz CT molecular complexity index is 838. The van der Waals surface area contributed by atoms with Gasteiger partial charge in [-0.05, 0) is 36.2 Å². The van der Waals surface area contributed by atoms with Crippen molar-refractivity contribution < 1.29 is 4.79 Å². The lowest BCUT2D eigenvalue weighted by molar-refractivity contribution is 0.102. The molecule has 0 spiro atoms. The molecule has 0 aliphatic heterocycles. The summed E-state index contributed by atoms with van der Waals surface area (Å²) in [5.41, 5.74) is 2.02. The highest BCUT2D eigenvalue weighted by atomic mass is 35.5. The Balaban J connectivity index is 1.54. The van der Waals surface area contributed by atoms with E-state index in [1.165, 1.54) is 5.56 Å². The van der Waals surface area contributed by atoms with Gasteiger partial charge in [0.2, 0.25) is 0 Å². The summed E-state index contributed by atoms with van der Waals surface area (Å²) in [4.78, 5) is 12.2. The van der Waals surface area contributed by atoms with E-state index >= 15 is 0 Å². The maximum Gasteiger partial charge on any atom is 0.276 e. The Morgan fingerprint density at radius 2 is 1.68 bits per heavy atom. The molecule has 0 aliphatic rings. The molecule has 0 saturated heterocycles. The van der Waals surface area contributed by atoms with Gasteiger partial charge in [-0.15, -0.1) is 10.2 Å². The minimum atomic E-state index is -0.351. The van der Waals surface area contributed by atoms with Crippen LogP contribution in [0.3, 0.4) is 0 Å². The van der Waals surface area contributed by atoms with E-state index in [4.69, 9.17) is 11.6 Å². The first-order valence-corrected chi connectivity index (χ1v) is 8.27. The largest absolute Gasteiger partial charge is 0.368 e. The van der Waals surface area contributed by atoms with E-state index in [0.717, 1.165) is 13.0 Å². The van der Waals surface area contributed by atoms with Crippen molar-refractivity contribution in [2.24, 2.45) is 0 Å². The summed E-state index contributed by atoms with van der Waals surface area (Å²) < 4.78 is 0. The summed E-state index contributed by atoms with van der Waals surface area (Å²) in [6.45, 7) is 0.740. The SMILES string of the molecule is O=C(Nc1ccccc1Cl)c1ccc(NCCc2ccccc2)nn1. The molecule has 0 radical (unpaired) electrons. The fraction of sp³-hybridized carbons (Fsp3) is 0.105. The Hall–Kier alpha value is -2.92. The van der Waals surface area contributed by atoms with Gasteiger partial charge in [0.15, 0.2) is 5.69 Å². The van der Waals surface area contributed by atoms with E-state index < -0.39 is 0 Å². The van der Waals surface area contributed by atoms with Gasteiger partial charge in [0.1, 0.15) is 5.82 Å². The Kier molecular flexibility index (Phi) is 5.59. The molecule has 0 bridgehead atoms. The van der Waals surface area contributed by atoms with Crippen LogP contribution in [0.5, 0.6) is 0 Å². The third-order valence-electron chi connectivity index (χ3n) is 3.58. The van der Waals surface area contributed by atoms with E-state index in [1.54, 1.807) is 36.4 Å². The first-order chi connectivity index (χ1) is 12.2. The van der Waals surface area contributed by atoms with Crippen LogP contribution >= 0.6 is 11.6 Å². The van der Waals surface area contributed by atoms with Crippen LogP contribution in [0, 0.1) is 0 Å². The van der Waals surface area contributed by atoms with Gasteiger partial charge < -0.3 is 10.6 Å². The van der Waals surface area contributed by atoms with Crippen LogP contribution in [-0.4, -0.2) is 22.6 Å². The third-order valence-corrected chi connectivity index (χ3v) is 3.91. The fourth-order valence-corrected chi connectivity index (χ4v) is 2.46. The van der Waals surface area contributed by atoms with Crippen LogP contribution in [0.25, 0.3) is 0 Å². The zero-order valence-electron chi connectivity index (χ0n) is 13.4. The van der Waals surface area contributed by atoms with Crippen molar-refractivity contribution in [3.8, 4) is 0 Å². The molecule has 126 valence electrons. The first-order valence-electron chi connectivity index (χ1n) is 7.90. The lowest BCUT2D eigenvalue weighted by atomic mass is 10.1. The number of benzene rings is 2. The van der Waals surface area contributed by atoms with Crippen LogP contribution in [0.15, 0.2) is 66.7 Å². The second kappa shape index (κ2) is 8.26. The van der Waals surface area contributed by atoms with Gasteiger partial charge in [-0.3, -0.25) is 4.79 Å². The molecule has 2 aromatic carbocycles. The van der Waals surface area contributed by atoms with Crippen LogP contribution in [-0.2, 0) is 6.42 Å². The van der Waals surface area contributed by atoms with Gasteiger partial charge in [-0.25, -0.2) is 0 Å². The van der Waals surface area contributed by atoms with Gasteiger partial charge >= 0.3 is 0 Å². The summed E-state index contributed by atoms with van der Waals surface area (Å²) in [6, 6.07) is 20.6. The van der Waals surface area contributed by atoms with Gasteiger partial charge in [0.25, 0.3) is 5.91 Å². The summed E-state index contributed by atoms with van der Waals surface area (Å²) >= 11 is 6.03. The molecular formula is C19H17ClN4O. The van der Waals surface area contributed by atoms with Crippen LogP contribution in [0.2, 0.25) is 5.02 Å². The zero-order chi connectivity index (χ0) is 17.5. The van der Waals surface area contributed by atoms with Gasteiger partial charge in [-0.2, -0.15) is 0 Å². The number of nitrogens with zero attached hydrogens (tertiary/aromatic N) is 2. The molecule has 1 heterocycles. The van der Waals surface area contributed by atoms with Crippen molar-refractivity contribution in [1.29, 1.82) is 0 Å². The minimum absolute atomic E-state index is 0.230. The van der Waals surface area contributed by atoms with Crippen molar-refractivity contribution in [2.75, 3.05) is 17.2 Å². The van der Waals surface area contributed by atoms with Gasteiger partial charge in [0.05, 0.1) is 10.7 Å². The van der Waals surface area contributed by atoms with E-state index in [-0.39, 0.29) is 11.6 Å². The third kappa shape index (κ3) is 4.78. The Labute approximate surface area is 151 Å². The smallest absolute Gasteiger partial charge is 0.276 e. The summed E-state index contributed by atoms with van der Waals surface area (Å²) in [6.07, 6.45) is 0.886. The van der Waals surface area contributed by atoms with E-state index in [1.807, 2.05) is 18.2 Å². The molecule has 0 atom stereocenters. The molecule has 3 aromatic rings. The number of anilines is 2. The molecule has 0 unspecified atom stereocenters. The first kappa shape index (κ1) is 16.9. The number of aromatic nitrogens is 2. The molecule has 1 aromatic heterocycles. The summed E-state index contributed by atoms with van der Waals surface area (Å²) in [7, 11) is 0. The predicted octanol–water partition coefficient (Wildman–Crippen LogP) is 4.04. The summed E-state index contributed by atoms with van der Waals surface area (Å²) in [5, 5.41) is 14.4. The molecule has 25 heavy (non-hydrogen) atoms. The topological polar surface area (TPSA) is 66.9 Å². The molecule has 0 fully saturated rings. The average molecular weight is 353 g/mol. The number of halogens is 1. The monoisotopic (exact) mass is 352 g/mol. The molecule has 5 nitrogen and oxygen atoms in total. The number of carbonyl (C=O) groups is 1. The van der Waals surface area contributed by atoms with E-state index in [9.17, 15) is 4.79 Å². The maximum absolute atomic E-state index is 12.2. The molecule has 2 N–H and O–H groups in total. The van der Waals surface area contributed by atoms with Crippen molar-refractivity contribution in [3.05, 3.63) is 83.0 Å². The van der Waals surface area contributed by atoms with E-state index in [2.05, 4.69) is 33.0 Å². The van der Waals surface area contributed by atoms with Gasteiger partial charge in [-0.1, -0.05) is 54.1 Å². The quantitative estimate of drug-likeness (QED) is 0.702.